The first-order chi connectivity index (χ1) is 11.8. The number of benzene rings is 2. The molecule has 0 aliphatic heterocycles. The quantitative estimate of drug-likeness (QED) is 0.625. The summed E-state index contributed by atoms with van der Waals surface area (Å²) in [5, 5.41) is 8.35. The van der Waals surface area contributed by atoms with E-state index in [9.17, 15) is 4.39 Å². The van der Waals surface area contributed by atoms with E-state index in [4.69, 9.17) is 0 Å². The molecule has 0 unspecified atom stereocenters. The van der Waals surface area contributed by atoms with Gasteiger partial charge in [-0.3, -0.25) is 0 Å². The molecule has 0 saturated heterocycles. The molecule has 2 aromatic carbocycles. The zero-order valence-electron chi connectivity index (χ0n) is 12.7. The van der Waals surface area contributed by atoms with Gasteiger partial charge in [0.25, 0.3) is 0 Å². The molecule has 0 bridgehead atoms. The van der Waals surface area contributed by atoms with Gasteiger partial charge in [0.2, 0.25) is 0 Å². The monoisotopic (exact) mass is 319 g/mol. The number of halogens is 1. The van der Waals surface area contributed by atoms with Crippen molar-refractivity contribution in [1.82, 2.24) is 19.7 Å². The third kappa shape index (κ3) is 2.58. The third-order valence-corrected chi connectivity index (χ3v) is 3.77. The molecule has 2 aromatic heterocycles. The van der Waals surface area contributed by atoms with Gasteiger partial charge in [0.1, 0.15) is 18.0 Å². The molecule has 0 radical (unpaired) electrons. The van der Waals surface area contributed by atoms with Gasteiger partial charge in [-0.1, -0.05) is 36.4 Å². The largest absolute Gasteiger partial charge is 0.365 e. The normalized spacial score (nSPS) is 10.9. The van der Waals surface area contributed by atoms with Crippen LogP contribution in [-0.4, -0.2) is 19.7 Å². The Morgan fingerprint density at radius 2 is 1.75 bits per heavy atom. The lowest BCUT2D eigenvalue weighted by molar-refractivity contribution is 0.613. The second-order valence-electron chi connectivity index (χ2n) is 5.30. The van der Waals surface area contributed by atoms with Crippen LogP contribution >= 0.6 is 0 Å². The van der Waals surface area contributed by atoms with Gasteiger partial charge in [-0.2, -0.15) is 5.10 Å². The first-order valence-electron chi connectivity index (χ1n) is 7.54. The fourth-order valence-electron chi connectivity index (χ4n) is 2.56. The van der Waals surface area contributed by atoms with E-state index in [2.05, 4.69) is 20.4 Å². The Labute approximate surface area is 137 Å². The molecule has 0 spiro atoms. The number of nitrogens with zero attached hydrogens (tertiary/aromatic N) is 4. The van der Waals surface area contributed by atoms with Crippen LogP contribution in [0.4, 0.5) is 10.2 Å². The van der Waals surface area contributed by atoms with Gasteiger partial charge in [-0.25, -0.2) is 19.0 Å². The third-order valence-electron chi connectivity index (χ3n) is 3.77. The molecule has 5 nitrogen and oxygen atoms in total. The summed E-state index contributed by atoms with van der Waals surface area (Å²) in [6.07, 6.45) is 3.19. The lowest BCUT2D eigenvalue weighted by Gasteiger charge is -2.07. The van der Waals surface area contributed by atoms with Crippen molar-refractivity contribution in [3.63, 3.8) is 0 Å². The molecule has 118 valence electrons. The Balaban J connectivity index is 1.68. The minimum atomic E-state index is -0.240. The number of anilines is 1. The predicted octanol–water partition coefficient (Wildman–Crippen LogP) is 3.57. The highest BCUT2D eigenvalue weighted by Crippen LogP contribution is 2.22. The van der Waals surface area contributed by atoms with Crippen molar-refractivity contribution < 1.29 is 4.39 Å². The number of aromatic nitrogens is 4. The van der Waals surface area contributed by atoms with E-state index in [1.165, 1.54) is 12.4 Å². The van der Waals surface area contributed by atoms with Gasteiger partial charge >= 0.3 is 0 Å². The number of hydrogen-bond acceptors (Lipinski definition) is 4. The summed E-state index contributed by atoms with van der Waals surface area (Å²) in [6.45, 7) is 0.343. The van der Waals surface area contributed by atoms with Crippen molar-refractivity contribution >= 4 is 16.9 Å². The molecule has 0 atom stereocenters. The highest BCUT2D eigenvalue weighted by Gasteiger charge is 2.11. The summed E-state index contributed by atoms with van der Waals surface area (Å²) in [7, 11) is 0. The molecule has 0 aliphatic rings. The summed E-state index contributed by atoms with van der Waals surface area (Å²) in [5.41, 5.74) is 2.21. The van der Waals surface area contributed by atoms with Gasteiger partial charge in [0.05, 0.1) is 17.3 Å². The van der Waals surface area contributed by atoms with Gasteiger partial charge in [0.15, 0.2) is 5.65 Å². The second-order valence-corrected chi connectivity index (χ2v) is 5.30. The van der Waals surface area contributed by atoms with Gasteiger partial charge < -0.3 is 5.32 Å². The highest BCUT2D eigenvalue weighted by atomic mass is 19.1. The zero-order valence-corrected chi connectivity index (χ0v) is 12.7. The topological polar surface area (TPSA) is 55.6 Å². The average molecular weight is 319 g/mol. The Kier molecular flexibility index (Phi) is 3.63. The SMILES string of the molecule is Fc1ccccc1CNc1ncnc2c1cnn2-c1ccccc1. The molecule has 0 aliphatic carbocycles. The van der Waals surface area contributed by atoms with Gasteiger partial charge in [0, 0.05) is 12.1 Å². The molecular formula is C18H14FN5. The van der Waals surface area contributed by atoms with Crippen molar-refractivity contribution in [3.05, 3.63) is 78.5 Å². The van der Waals surface area contributed by atoms with Crippen LogP contribution in [0.5, 0.6) is 0 Å². The van der Waals surface area contributed by atoms with Crippen LogP contribution in [0.25, 0.3) is 16.7 Å². The summed E-state index contributed by atoms with van der Waals surface area (Å²) < 4.78 is 15.5. The van der Waals surface area contributed by atoms with Crippen LogP contribution in [-0.2, 0) is 6.54 Å². The summed E-state index contributed by atoms with van der Waals surface area (Å²) >= 11 is 0. The molecule has 0 amide bonds. The maximum absolute atomic E-state index is 13.7. The van der Waals surface area contributed by atoms with E-state index >= 15 is 0 Å². The summed E-state index contributed by atoms with van der Waals surface area (Å²) in [6, 6.07) is 16.4. The van der Waals surface area contributed by atoms with Crippen molar-refractivity contribution in [2.45, 2.75) is 6.54 Å². The molecule has 6 heteroatoms. The van der Waals surface area contributed by atoms with E-state index in [-0.39, 0.29) is 5.82 Å². The van der Waals surface area contributed by atoms with E-state index in [0.717, 1.165) is 11.1 Å². The minimum absolute atomic E-state index is 0.240. The molecular weight excluding hydrogens is 305 g/mol. The first-order valence-corrected chi connectivity index (χ1v) is 7.54. The maximum Gasteiger partial charge on any atom is 0.168 e. The van der Waals surface area contributed by atoms with Crippen LogP contribution in [0.2, 0.25) is 0 Å². The average Bonchev–Trinajstić information content (AvgIpc) is 3.06. The molecule has 24 heavy (non-hydrogen) atoms. The molecule has 0 fully saturated rings. The van der Waals surface area contributed by atoms with Crippen LogP contribution in [0, 0.1) is 5.82 Å². The van der Waals surface area contributed by atoms with Crippen molar-refractivity contribution in [2.75, 3.05) is 5.32 Å². The van der Waals surface area contributed by atoms with E-state index in [1.807, 2.05) is 36.4 Å². The lowest BCUT2D eigenvalue weighted by atomic mass is 10.2. The van der Waals surface area contributed by atoms with Crippen LogP contribution < -0.4 is 5.32 Å². The van der Waals surface area contributed by atoms with Gasteiger partial charge in [-0.15, -0.1) is 0 Å². The number of para-hydroxylation sites is 1. The lowest BCUT2D eigenvalue weighted by Crippen LogP contribution is -2.04. The molecule has 4 aromatic rings. The Hall–Kier alpha value is -3.28. The van der Waals surface area contributed by atoms with E-state index in [1.54, 1.807) is 23.0 Å². The number of hydrogen-bond donors (Lipinski definition) is 1. The van der Waals surface area contributed by atoms with Crippen LogP contribution in [0.1, 0.15) is 5.56 Å². The summed E-state index contributed by atoms with van der Waals surface area (Å²) in [4.78, 5) is 8.59. The number of rotatable bonds is 4. The van der Waals surface area contributed by atoms with Crippen LogP contribution in [0.3, 0.4) is 0 Å². The molecule has 2 heterocycles. The highest BCUT2D eigenvalue weighted by molar-refractivity contribution is 5.87. The Morgan fingerprint density at radius 1 is 0.958 bits per heavy atom. The maximum atomic E-state index is 13.7. The van der Waals surface area contributed by atoms with Crippen molar-refractivity contribution in [2.24, 2.45) is 0 Å². The van der Waals surface area contributed by atoms with E-state index < -0.39 is 0 Å². The first kappa shape index (κ1) is 14.3. The molecule has 0 saturated carbocycles. The number of nitrogens with one attached hydrogen (secondary N) is 1. The standard InChI is InChI=1S/C18H14FN5/c19-16-9-5-4-6-13(16)10-20-17-15-11-23-24(18(15)22-12-21-17)14-7-2-1-3-8-14/h1-9,11-12H,10H2,(H,20,21,22). The predicted molar refractivity (Wildman–Crippen MR) is 90.4 cm³/mol. The Bertz CT molecular complexity index is 981. The smallest absolute Gasteiger partial charge is 0.168 e. The van der Waals surface area contributed by atoms with Crippen LogP contribution in [0.15, 0.2) is 67.1 Å². The minimum Gasteiger partial charge on any atom is -0.365 e. The fraction of sp³-hybridized carbons (Fsp3) is 0.0556. The zero-order chi connectivity index (χ0) is 16.4. The fourth-order valence-corrected chi connectivity index (χ4v) is 2.56. The van der Waals surface area contributed by atoms with Crippen molar-refractivity contribution in [1.29, 1.82) is 0 Å². The second kappa shape index (κ2) is 6.08. The number of fused-ring (bicyclic) bond motifs is 1. The Morgan fingerprint density at radius 3 is 2.58 bits per heavy atom. The molecule has 1 N–H and O–H groups in total. The molecule has 4 rings (SSSR count). The summed E-state index contributed by atoms with van der Waals surface area (Å²) in [5.74, 6) is 0.390. The van der Waals surface area contributed by atoms with Crippen molar-refractivity contribution in [3.8, 4) is 5.69 Å². The van der Waals surface area contributed by atoms with E-state index in [0.29, 0.717) is 23.6 Å². The van der Waals surface area contributed by atoms with Gasteiger partial charge in [-0.05, 0) is 18.2 Å².